The van der Waals surface area contributed by atoms with Crippen LogP contribution in [0.2, 0.25) is 0 Å². The molecule has 2 nitrogen and oxygen atoms in total. The van der Waals surface area contributed by atoms with E-state index in [0.29, 0.717) is 0 Å². The molecule has 0 saturated heterocycles. The van der Waals surface area contributed by atoms with Crippen LogP contribution in [-0.2, 0) is 6.42 Å². The Hall–Kier alpha value is -5.21. The number of para-hydroxylation sites is 1. The second-order valence-corrected chi connectivity index (χ2v) is 10.7. The number of rotatable bonds is 2. The van der Waals surface area contributed by atoms with Gasteiger partial charge in [0.25, 0.3) is 0 Å². The minimum Gasteiger partial charge on any atom is -0.307 e. The Bertz CT molecular complexity index is 2180. The van der Waals surface area contributed by atoms with Gasteiger partial charge in [0.1, 0.15) is 0 Å². The molecule has 0 atom stereocenters. The molecule has 6 aromatic carbocycles. The summed E-state index contributed by atoms with van der Waals surface area (Å²) in [6.07, 6.45) is 2.80. The standard InChI is InChI=1S/C38H24N2/c1-2-12-27(13-3-1)40-37-26(19-18-25-11-8-22-39-36(25)37)23-34-32-21-20-30(31-16-7-17-33(35(31)32)38(34)40)29-15-6-10-24-9-4-5-14-28(24)29/h1-22H,23H2. The van der Waals surface area contributed by atoms with E-state index < -0.39 is 0 Å². The van der Waals surface area contributed by atoms with Crippen molar-refractivity contribution >= 4 is 55.1 Å². The van der Waals surface area contributed by atoms with Crippen molar-refractivity contribution in [3.05, 3.63) is 150 Å². The predicted octanol–water partition coefficient (Wildman–Crippen LogP) is 9.78. The normalized spacial score (nSPS) is 13.8. The molecule has 40 heavy (non-hydrogen) atoms. The van der Waals surface area contributed by atoms with Gasteiger partial charge in [0, 0.05) is 29.3 Å². The van der Waals surface area contributed by atoms with Gasteiger partial charge in [0.15, 0.2) is 0 Å². The second kappa shape index (κ2) is 8.14. The van der Waals surface area contributed by atoms with Crippen molar-refractivity contribution in [1.82, 2.24) is 4.98 Å². The van der Waals surface area contributed by atoms with Gasteiger partial charge < -0.3 is 4.90 Å². The molecule has 0 N–H and O–H groups in total. The number of nitrogens with zero attached hydrogens (tertiary/aromatic N) is 2. The van der Waals surface area contributed by atoms with E-state index in [9.17, 15) is 0 Å². The monoisotopic (exact) mass is 508 g/mol. The molecule has 0 amide bonds. The van der Waals surface area contributed by atoms with Crippen LogP contribution in [0, 0.1) is 0 Å². The quantitative estimate of drug-likeness (QED) is 0.231. The summed E-state index contributed by atoms with van der Waals surface area (Å²) in [5.41, 5.74) is 12.6. The van der Waals surface area contributed by atoms with E-state index in [2.05, 4.69) is 126 Å². The van der Waals surface area contributed by atoms with E-state index in [0.717, 1.165) is 23.0 Å². The Morgan fingerprint density at radius 1 is 0.525 bits per heavy atom. The third-order valence-electron chi connectivity index (χ3n) is 8.65. The fourth-order valence-electron chi connectivity index (χ4n) is 6.98. The molecule has 0 radical (unpaired) electrons. The summed E-state index contributed by atoms with van der Waals surface area (Å²) in [7, 11) is 0. The minimum atomic E-state index is 0.887. The number of pyridine rings is 1. The molecule has 0 unspecified atom stereocenters. The number of benzene rings is 6. The Balaban J connectivity index is 1.34. The van der Waals surface area contributed by atoms with E-state index in [-0.39, 0.29) is 0 Å². The van der Waals surface area contributed by atoms with Crippen LogP contribution in [0.5, 0.6) is 0 Å². The zero-order valence-electron chi connectivity index (χ0n) is 21.8. The largest absolute Gasteiger partial charge is 0.307 e. The van der Waals surface area contributed by atoms with Crippen LogP contribution < -0.4 is 4.90 Å². The van der Waals surface area contributed by atoms with Crippen LogP contribution in [0.15, 0.2) is 134 Å². The highest BCUT2D eigenvalue weighted by atomic mass is 15.2. The first-order valence-corrected chi connectivity index (χ1v) is 13.9. The van der Waals surface area contributed by atoms with E-state index in [1.54, 1.807) is 0 Å². The summed E-state index contributed by atoms with van der Waals surface area (Å²) in [5, 5.41) is 6.38. The first-order chi connectivity index (χ1) is 19.9. The highest BCUT2D eigenvalue weighted by Gasteiger charge is 2.36. The molecule has 0 bridgehead atoms. The van der Waals surface area contributed by atoms with Gasteiger partial charge in [-0.2, -0.15) is 0 Å². The van der Waals surface area contributed by atoms with Crippen LogP contribution in [-0.4, -0.2) is 4.98 Å². The molecule has 0 saturated carbocycles. The molecule has 2 aliphatic rings. The maximum Gasteiger partial charge on any atom is 0.0945 e. The lowest BCUT2D eigenvalue weighted by Gasteiger charge is -2.34. The summed E-state index contributed by atoms with van der Waals surface area (Å²) >= 11 is 0. The first-order valence-electron chi connectivity index (χ1n) is 13.9. The Morgan fingerprint density at radius 2 is 1.25 bits per heavy atom. The average molecular weight is 509 g/mol. The van der Waals surface area contributed by atoms with Gasteiger partial charge in [0.05, 0.1) is 16.9 Å². The van der Waals surface area contributed by atoms with Crippen molar-refractivity contribution < 1.29 is 0 Å². The van der Waals surface area contributed by atoms with Gasteiger partial charge in [-0.25, -0.2) is 0 Å². The lowest BCUT2D eigenvalue weighted by atomic mass is 9.89. The van der Waals surface area contributed by atoms with Crippen LogP contribution in [0.25, 0.3) is 54.8 Å². The lowest BCUT2D eigenvalue weighted by Crippen LogP contribution is -2.21. The third-order valence-corrected chi connectivity index (χ3v) is 8.65. The molecule has 186 valence electrons. The molecule has 1 aliphatic heterocycles. The Morgan fingerprint density at radius 3 is 2.20 bits per heavy atom. The summed E-state index contributed by atoms with van der Waals surface area (Å²) in [4.78, 5) is 7.37. The van der Waals surface area contributed by atoms with E-state index in [1.807, 2.05) is 12.3 Å². The number of fused-ring (bicyclic) bond motifs is 6. The molecule has 9 rings (SSSR count). The molecule has 7 aromatic rings. The van der Waals surface area contributed by atoms with Crippen molar-refractivity contribution in [3.63, 3.8) is 0 Å². The molecule has 1 aromatic heterocycles. The number of allylic oxidation sites excluding steroid dienone is 1. The van der Waals surface area contributed by atoms with Gasteiger partial charge in [-0.3, -0.25) is 4.98 Å². The van der Waals surface area contributed by atoms with E-state index >= 15 is 0 Å². The molecule has 2 heterocycles. The van der Waals surface area contributed by atoms with Crippen molar-refractivity contribution in [2.75, 3.05) is 4.90 Å². The summed E-state index contributed by atoms with van der Waals surface area (Å²) in [6.45, 7) is 0. The Kier molecular flexibility index (Phi) is 4.42. The van der Waals surface area contributed by atoms with Crippen molar-refractivity contribution in [1.29, 1.82) is 0 Å². The maximum atomic E-state index is 4.90. The summed E-state index contributed by atoms with van der Waals surface area (Å²) < 4.78 is 0. The Labute approximate surface area is 232 Å². The SMILES string of the molecule is c1ccc(N2C3=C(Cc4ccc5cccnc5c42)c2ccc(-c4cccc5ccccc45)c4cccc3c24)cc1. The zero-order chi connectivity index (χ0) is 26.2. The predicted molar refractivity (Wildman–Crippen MR) is 168 cm³/mol. The van der Waals surface area contributed by atoms with Gasteiger partial charge in [-0.15, -0.1) is 0 Å². The maximum absolute atomic E-state index is 4.90. The molecule has 1 aliphatic carbocycles. The van der Waals surface area contributed by atoms with E-state index in [4.69, 9.17) is 4.98 Å². The minimum absolute atomic E-state index is 0.887. The molecule has 2 heteroatoms. The topological polar surface area (TPSA) is 16.1 Å². The smallest absolute Gasteiger partial charge is 0.0945 e. The van der Waals surface area contributed by atoms with Crippen LogP contribution in [0.3, 0.4) is 0 Å². The van der Waals surface area contributed by atoms with Crippen LogP contribution >= 0.6 is 0 Å². The van der Waals surface area contributed by atoms with Gasteiger partial charge >= 0.3 is 0 Å². The fraction of sp³-hybridized carbons (Fsp3) is 0.0263. The van der Waals surface area contributed by atoms with Crippen LogP contribution in [0.4, 0.5) is 11.4 Å². The fourth-order valence-corrected chi connectivity index (χ4v) is 6.98. The molecular weight excluding hydrogens is 484 g/mol. The van der Waals surface area contributed by atoms with Crippen molar-refractivity contribution in [2.24, 2.45) is 0 Å². The number of aromatic nitrogens is 1. The molecular formula is C38H24N2. The number of anilines is 2. The van der Waals surface area contributed by atoms with Gasteiger partial charge in [0.2, 0.25) is 0 Å². The summed E-state index contributed by atoms with van der Waals surface area (Å²) in [6, 6.07) is 46.3. The number of hydrogen-bond donors (Lipinski definition) is 0. The van der Waals surface area contributed by atoms with Gasteiger partial charge in [-0.05, 0) is 67.6 Å². The third kappa shape index (κ3) is 2.91. The number of hydrogen-bond acceptors (Lipinski definition) is 2. The van der Waals surface area contributed by atoms with Gasteiger partial charge in [-0.1, -0.05) is 109 Å². The zero-order valence-corrected chi connectivity index (χ0v) is 21.8. The highest BCUT2D eigenvalue weighted by Crippen LogP contribution is 2.55. The second-order valence-electron chi connectivity index (χ2n) is 10.7. The van der Waals surface area contributed by atoms with Crippen LogP contribution in [0.1, 0.15) is 16.7 Å². The summed E-state index contributed by atoms with van der Waals surface area (Å²) in [5.74, 6) is 0. The van der Waals surface area contributed by atoms with E-state index in [1.165, 1.54) is 66.3 Å². The molecule has 0 fully saturated rings. The average Bonchev–Trinajstić information content (AvgIpc) is 3.35. The van der Waals surface area contributed by atoms with Crippen molar-refractivity contribution in [3.8, 4) is 11.1 Å². The van der Waals surface area contributed by atoms with Crippen molar-refractivity contribution in [2.45, 2.75) is 6.42 Å². The molecule has 0 spiro atoms. The first kappa shape index (κ1) is 21.7. The highest BCUT2D eigenvalue weighted by molar-refractivity contribution is 6.23. The lowest BCUT2D eigenvalue weighted by molar-refractivity contribution is 1.18.